The van der Waals surface area contributed by atoms with E-state index in [1.54, 1.807) is 12.1 Å². The lowest BCUT2D eigenvalue weighted by Crippen LogP contribution is -2.16. The van der Waals surface area contributed by atoms with Gasteiger partial charge in [0.15, 0.2) is 0 Å². The Kier molecular flexibility index (Phi) is 7.29. The van der Waals surface area contributed by atoms with Gasteiger partial charge in [0.05, 0.1) is 0 Å². The maximum Gasteiger partial charge on any atom is 0.248 e. The number of primary amides is 2. The predicted molar refractivity (Wildman–Crippen MR) is 85.3 cm³/mol. The molecule has 21 heavy (non-hydrogen) atoms. The maximum absolute atomic E-state index is 11.2. The zero-order valence-corrected chi connectivity index (χ0v) is 12.7. The fraction of sp³-hybridized carbons (Fsp3) is 0.500. The van der Waals surface area contributed by atoms with E-state index in [1.807, 2.05) is 0 Å². The summed E-state index contributed by atoms with van der Waals surface area (Å²) in [6, 6.07) is 4.71. The van der Waals surface area contributed by atoms with E-state index in [9.17, 15) is 9.59 Å². The number of hydrogen-bond acceptors (Lipinski definition) is 3. The van der Waals surface area contributed by atoms with Gasteiger partial charge in [0.1, 0.15) is 0 Å². The van der Waals surface area contributed by atoms with Crippen LogP contribution in [0.3, 0.4) is 0 Å². The Morgan fingerprint density at radius 3 is 1.95 bits per heavy atom. The number of rotatable bonds is 10. The van der Waals surface area contributed by atoms with Crippen LogP contribution in [0.4, 0.5) is 5.69 Å². The standard InChI is InChI=1S/C16H25N3O2/c1-2-3-4-5-6-7-8-19-14-10-12(15(17)20)9-13(11-14)16(18)21/h9-11,19H,2-8H2,1H3,(H2,17,20)(H2,18,21). The first-order valence-electron chi connectivity index (χ1n) is 7.53. The van der Waals surface area contributed by atoms with Crippen LogP contribution in [0.5, 0.6) is 0 Å². The fourth-order valence-electron chi connectivity index (χ4n) is 2.15. The van der Waals surface area contributed by atoms with Crippen molar-refractivity contribution < 1.29 is 9.59 Å². The van der Waals surface area contributed by atoms with Crippen molar-refractivity contribution in [2.45, 2.75) is 45.4 Å². The van der Waals surface area contributed by atoms with Gasteiger partial charge in [-0.15, -0.1) is 0 Å². The van der Waals surface area contributed by atoms with Gasteiger partial charge >= 0.3 is 0 Å². The molecule has 1 aromatic rings. The van der Waals surface area contributed by atoms with Gasteiger partial charge in [0.25, 0.3) is 0 Å². The normalized spacial score (nSPS) is 10.3. The summed E-state index contributed by atoms with van der Waals surface area (Å²) in [4.78, 5) is 22.5. The molecule has 5 nitrogen and oxygen atoms in total. The van der Waals surface area contributed by atoms with Crippen molar-refractivity contribution in [2.24, 2.45) is 11.5 Å². The molecule has 0 bridgehead atoms. The van der Waals surface area contributed by atoms with Crippen LogP contribution in [0.1, 0.15) is 66.2 Å². The average molecular weight is 291 g/mol. The van der Waals surface area contributed by atoms with E-state index >= 15 is 0 Å². The van der Waals surface area contributed by atoms with Crippen LogP contribution in [-0.2, 0) is 0 Å². The molecular weight excluding hydrogens is 266 g/mol. The molecule has 0 fully saturated rings. The third-order valence-corrected chi connectivity index (χ3v) is 3.36. The van der Waals surface area contributed by atoms with E-state index < -0.39 is 11.8 Å². The Labute approximate surface area is 126 Å². The van der Waals surface area contributed by atoms with Crippen LogP contribution in [0, 0.1) is 0 Å². The van der Waals surface area contributed by atoms with Gasteiger partial charge in [0, 0.05) is 23.4 Å². The lowest BCUT2D eigenvalue weighted by atomic mass is 10.1. The number of unbranched alkanes of at least 4 members (excludes halogenated alkanes) is 5. The van der Waals surface area contributed by atoms with Crippen LogP contribution in [0.15, 0.2) is 18.2 Å². The van der Waals surface area contributed by atoms with E-state index in [4.69, 9.17) is 11.5 Å². The highest BCUT2D eigenvalue weighted by Crippen LogP contribution is 2.15. The summed E-state index contributed by atoms with van der Waals surface area (Å²) in [5.41, 5.74) is 11.8. The largest absolute Gasteiger partial charge is 0.385 e. The summed E-state index contributed by atoms with van der Waals surface area (Å²) in [5, 5.41) is 3.21. The molecule has 0 spiro atoms. The third-order valence-electron chi connectivity index (χ3n) is 3.36. The summed E-state index contributed by atoms with van der Waals surface area (Å²) in [6.45, 7) is 3.00. The zero-order valence-electron chi connectivity index (χ0n) is 12.7. The van der Waals surface area contributed by atoms with Crippen molar-refractivity contribution in [3.63, 3.8) is 0 Å². The second kappa shape index (κ2) is 9.00. The van der Waals surface area contributed by atoms with Gasteiger partial charge in [-0.05, 0) is 24.6 Å². The molecule has 5 heteroatoms. The van der Waals surface area contributed by atoms with E-state index in [2.05, 4.69) is 12.2 Å². The van der Waals surface area contributed by atoms with Gasteiger partial charge in [-0.2, -0.15) is 0 Å². The fourth-order valence-corrected chi connectivity index (χ4v) is 2.15. The number of nitrogens with one attached hydrogen (secondary N) is 1. The summed E-state index contributed by atoms with van der Waals surface area (Å²) in [6.07, 6.45) is 7.27. The molecule has 1 aromatic carbocycles. The Hall–Kier alpha value is -2.04. The van der Waals surface area contributed by atoms with Crippen molar-refractivity contribution in [1.29, 1.82) is 0 Å². The highest BCUT2D eigenvalue weighted by atomic mass is 16.1. The van der Waals surface area contributed by atoms with Crippen LogP contribution in [0.2, 0.25) is 0 Å². The maximum atomic E-state index is 11.2. The molecule has 1 rings (SSSR count). The van der Waals surface area contributed by atoms with Crippen LogP contribution >= 0.6 is 0 Å². The number of amides is 2. The number of carbonyl (C=O) groups excluding carboxylic acids is 2. The van der Waals surface area contributed by atoms with Crippen molar-refractivity contribution in [3.8, 4) is 0 Å². The zero-order chi connectivity index (χ0) is 15.7. The van der Waals surface area contributed by atoms with Gasteiger partial charge < -0.3 is 16.8 Å². The molecule has 0 saturated carbocycles. The molecule has 0 aliphatic heterocycles. The molecule has 0 aromatic heterocycles. The second-order valence-corrected chi connectivity index (χ2v) is 5.22. The van der Waals surface area contributed by atoms with Gasteiger partial charge in [-0.25, -0.2) is 0 Å². The predicted octanol–water partition coefficient (Wildman–Crippen LogP) is 2.66. The van der Waals surface area contributed by atoms with Crippen LogP contribution in [0.25, 0.3) is 0 Å². The van der Waals surface area contributed by atoms with Crippen LogP contribution in [-0.4, -0.2) is 18.4 Å². The van der Waals surface area contributed by atoms with Crippen LogP contribution < -0.4 is 16.8 Å². The summed E-state index contributed by atoms with van der Waals surface area (Å²) < 4.78 is 0. The molecule has 2 amide bonds. The molecular formula is C16H25N3O2. The van der Waals surface area contributed by atoms with E-state index in [0.29, 0.717) is 5.69 Å². The minimum Gasteiger partial charge on any atom is -0.385 e. The van der Waals surface area contributed by atoms with E-state index in [-0.39, 0.29) is 11.1 Å². The summed E-state index contributed by atoms with van der Waals surface area (Å²) >= 11 is 0. The molecule has 0 unspecified atom stereocenters. The van der Waals surface area contributed by atoms with E-state index in [1.165, 1.54) is 38.2 Å². The highest BCUT2D eigenvalue weighted by Gasteiger charge is 2.08. The molecule has 0 heterocycles. The monoisotopic (exact) mass is 291 g/mol. The molecule has 0 saturated heterocycles. The number of hydrogen-bond donors (Lipinski definition) is 3. The summed E-state index contributed by atoms with van der Waals surface area (Å²) in [5.74, 6) is -1.14. The average Bonchev–Trinajstić information content (AvgIpc) is 2.46. The molecule has 5 N–H and O–H groups in total. The number of benzene rings is 1. The van der Waals surface area contributed by atoms with Crippen molar-refractivity contribution in [2.75, 3.05) is 11.9 Å². The van der Waals surface area contributed by atoms with Gasteiger partial charge in [0.2, 0.25) is 11.8 Å². The highest BCUT2D eigenvalue weighted by molar-refractivity contribution is 5.99. The van der Waals surface area contributed by atoms with Gasteiger partial charge in [-0.3, -0.25) is 9.59 Å². The molecule has 0 atom stereocenters. The molecule has 0 aliphatic carbocycles. The minimum absolute atomic E-state index is 0.289. The SMILES string of the molecule is CCCCCCCCNc1cc(C(N)=O)cc(C(N)=O)c1. The Morgan fingerprint density at radius 2 is 1.43 bits per heavy atom. The van der Waals surface area contributed by atoms with Crippen molar-refractivity contribution in [1.82, 2.24) is 0 Å². The van der Waals surface area contributed by atoms with Crippen molar-refractivity contribution >= 4 is 17.5 Å². The first-order valence-corrected chi connectivity index (χ1v) is 7.53. The minimum atomic E-state index is -0.569. The number of nitrogens with two attached hydrogens (primary N) is 2. The number of carbonyl (C=O) groups is 2. The Morgan fingerprint density at radius 1 is 0.905 bits per heavy atom. The summed E-state index contributed by atoms with van der Waals surface area (Å²) in [7, 11) is 0. The van der Waals surface area contributed by atoms with Gasteiger partial charge in [-0.1, -0.05) is 39.0 Å². The quantitative estimate of drug-likeness (QED) is 0.578. The second-order valence-electron chi connectivity index (χ2n) is 5.22. The topological polar surface area (TPSA) is 98.2 Å². The first-order chi connectivity index (χ1) is 10.0. The Bertz CT molecular complexity index is 454. The third kappa shape index (κ3) is 6.29. The molecule has 0 radical (unpaired) electrons. The molecule has 0 aliphatic rings. The van der Waals surface area contributed by atoms with Crippen molar-refractivity contribution in [3.05, 3.63) is 29.3 Å². The van der Waals surface area contributed by atoms with E-state index in [0.717, 1.165) is 13.0 Å². The number of anilines is 1. The lowest BCUT2D eigenvalue weighted by molar-refractivity contribution is 0.0999. The smallest absolute Gasteiger partial charge is 0.248 e. The molecule has 116 valence electrons. The Balaban J connectivity index is 2.50. The lowest BCUT2D eigenvalue weighted by Gasteiger charge is -2.09. The first kappa shape index (κ1) is 17.0.